The molecule has 1 N–H and O–H groups in total. The predicted molar refractivity (Wildman–Crippen MR) is 95.6 cm³/mol. The van der Waals surface area contributed by atoms with E-state index >= 15 is 0 Å². The number of hydrogen-bond acceptors (Lipinski definition) is 4. The molecule has 0 spiro atoms. The van der Waals surface area contributed by atoms with Gasteiger partial charge in [-0.05, 0) is 46.3 Å². The number of anilines is 1. The molecule has 1 amide bonds. The van der Waals surface area contributed by atoms with Gasteiger partial charge >= 0.3 is 0 Å². The molecular formula is C16H17BrN2O4S. The van der Waals surface area contributed by atoms with Crippen molar-refractivity contribution in [1.29, 1.82) is 0 Å². The molecule has 24 heavy (non-hydrogen) atoms. The molecule has 0 atom stereocenters. The van der Waals surface area contributed by atoms with Crippen LogP contribution in [0.15, 0.2) is 57.9 Å². The predicted octanol–water partition coefficient (Wildman–Crippen LogP) is 2.72. The molecule has 0 fully saturated rings. The molecule has 0 aliphatic rings. The third-order valence-corrected chi connectivity index (χ3v) is 5.56. The van der Waals surface area contributed by atoms with E-state index in [1.165, 1.54) is 26.2 Å². The maximum absolute atomic E-state index is 12.1. The second-order valence-corrected chi connectivity index (χ2v) is 8.09. The van der Waals surface area contributed by atoms with E-state index in [2.05, 4.69) is 21.2 Å². The van der Waals surface area contributed by atoms with Gasteiger partial charge in [0.15, 0.2) is 6.61 Å². The highest BCUT2D eigenvalue weighted by Gasteiger charge is 2.17. The Labute approximate surface area is 149 Å². The van der Waals surface area contributed by atoms with E-state index in [1.54, 1.807) is 24.3 Å². The Kier molecular flexibility index (Phi) is 5.98. The lowest BCUT2D eigenvalue weighted by Gasteiger charge is -2.13. The van der Waals surface area contributed by atoms with E-state index in [-0.39, 0.29) is 17.4 Å². The third kappa shape index (κ3) is 4.56. The topological polar surface area (TPSA) is 75.7 Å². The van der Waals surface area contributed by atoms with Crippen LogP contribution in [0.1, 0.15) is 0 Å². The van der Waals surface area contributed by atoms with Crippen LogP contribution < -0.4 is 10.1 Å². The Morgan fingerprint density at radius 1 is 1.17 bits per heavy atom. The Hall–Kier alpha value is -1.90. The minimum absolute atomic E-state index is 0.108. The largest absolute Gasteiger partial charge is 0.483 e. The lowest BCUT2D eigenvalue weighted by molar-refractivity contribution is -0.118. The van der Waals surface area contributed by atoms with E-state index in [1.807, 2.05) is 12.1 Å². The minimum atomic E-state index is -3.55. The smallest absolute Gasteiger partial charge is 0.262 e. The number of ether oxygens (including phenoxy) is 1. The summed E-state index contributed by atoms with van der Waals surface area (Å²) in [6.07, 6.45) is 0. The Morgan fingerprint density at radius 2 is 1.88 bits per heavy atom. The van der Waals surface area contributed by atoms with Gasteiger partial charge in [-0.25, -0.2) is 12.7 Å². The first-order valence-electron chi connectivity index (χ1n) is 7.00. The average molecular weight is 413 g/mol. The molecule has 2 aromatic carbocycles. The van der Waals surface area contributed by atoms with Gasteiger partial charge in [0.25, 0.3) is 5.91 Å². The van der Waals surface area contributed by atoms with E-state index in [0.29, 0.717) is 11.4 Å². The molecule has 128 valence electrons. The lowest BCUT2D eigenvalue weighted by Crippen LogP contribution is -2.23. The number of para-hydroxylation sites is 1. The molecule has 0 aliphatic carbocycles. The highest BCUT2D eigenvalue weighted by Crippen LogP contribution is 2.23. The van der Waals surface area contributed by atoms with Gasteiger partial charge in [-0.2, -0.15) is 0 Å². The molecule has 0 radical (unpaired) electrons. The van der Waals surface area contributed by atoms with Gasteiger partial charge < -0.3 is 10.1 Å². The van der Waals surface area contributed by atoms with Gasteiger partial charge in [-0.1, -0.05) is 18.2 Å². The molecular weight excluding hydrogens is 396 g/mol. The number of sulfonamides is 1. The lowest BCUT2D eigenvalue weighted by atomic mass is 10.3. The number of hydrogen-bond donors (Lipinski definition) is 1. The molecule has 2 rings (SSSR count). The second-order valence-electron chi connectivity index (χ2n) is 5.08. The molecule has 0 bridgehead atoms. The van der Waals surface area contributed by atoms with Gasteiger partial charge in [-0.15, -0.1) is 0 Å². The number of nitrogens with one attached hydrogen (secondary N) is 1. The standard InChI is InChI=1S/C16H17BrN2O4S/c1-19(2)24(21,22)13-7-5-6-12(10-13)18-16(20)11-23-15-9-4-3-8-14(15)17/h3-10H,11H2,1-2H3,(H,18,20). The van der Waals surface area contributed by atoms with Crippen LogP contribution in [0.4, 0.5) is 5.69 Å². The number of carbonyl (C=O) groups is 1. The number of amides is 1. The summed E-state index contributed by atoms with van der Waals surface area (Å²) in [4.78, 5) is 12.1. The van der Waals surface area contributed by atoms with E-state index in [0.717, 1.165) is 8.78 Å². The Morgan fingerprint density at radius 3 is 2.54 bits per heavy atom. The molecule has 8 heteroatoms. The van der Waals surface area contributed by atoms with Crippen molar-refractivity contribution >= 4 is 37.5 Å². The maximum atomic E-state index is 12.1. The first-order valence-corrected chi connectivity index (χ1v) is 9.24. The number of carbonyl (C=O) groups excluding carboxylic acids is 1. The van der Waals surface area contributed by atoms with Crippen molar-refractivity contribution < 1.29 is 17.9 Å². The maximum Gasteiger partial charge on any atom is 0.262 e. The molecule has 0 aromatic heterocycles. The van der Waals surface area contributed by atoms with Gasteiger partial charge in [-0.3, -0.25) is 4.79 Å². The van der Waals surface area contributed by atoms with Crippen molar-refractivity contribution in [1.82, 2.24) is 4.31 Å². The second kappa shape index (κ2) is 7.78. The summed E-state index contributed by atoms with van der Waals surface area (Å²) < 4.78 is 31.5. The molecule has 0 unspecified atom stereocenters. The van der Waals surface area contributed by atoms with Gasteiger partial charge in [0.1, 0.15) is 5.75 Å². The minimum Gasteiger partial charge on any atom is -0.483 e. The Balaban J connectivity index is 2.04. The summed E-state index contributed by atoms with van der Waals surface area (Å²) in [6.45, 7) is -0.187. The summed E-state index contributed by atoms with van der Waals surface area (Å²) in [5, 5.41) is 2.62. The van der Waals surface area contributed by atoms with Gasteiger partial charge in [0, 0.05) is 19.8 Å². The highest BCUT2D eigenvalue weighted by molar-refractivity contribution is 9.10. The van der Waals surface area contributed by atoms with Crippen LogP contribution in [0.3, 0.4) is 0 Å². The van der Waals surface area contributed by atoms with E-state index in [9.17, 15) is 13.2 Å². The molecule has 0 aliphatic heterocycles. The van der Waals surface area contributed by atoms with Crippen LogP contribution in [0.5, 0.6) is 5.75 Å². The number of nitrogens with zero attached hydrogens (tertiary/aromatic N) is 1. The van der Waals surface area contributed by atoms with Gasteiger partial charge in [0.05, 0.1) is 9.37 Å². The van der Waals surface area contributed by atoms with Gasteiger partial charge in [0.2, 0.25) is 10.0 Å². The quantitative estimate of drug-likeness (QED) is 0.790. The number of rotatable bonds is 6. The fourth-order valence-corrected chi connectivity index (χ4v) is 3.19. The van der Waals surface area contributed by atoms with Crippen molar-refractivity contribution in [3.05, 3.63) is 53.0 Å². The summed E-state index contributed by atoms with van der Waals surface area (Å²) in [5.41, 5.74) is 0.388. The first-order chi connectivity index (χ1) is 11.3. The van der Waals surface area contributed by atoms with Crippen LogP contribution >= 0.6 is 15.9 Å². The fourth-order valence-electron chi connectivity index (χ4n) is 1.85. The van der Waals surface area contributed by atoms with Crippen LogP contribution in [-0.2, 0) is 14.8 Å². The monoisotopic (exact) mass is 412 g/mol. The average Bonchev–Trinajstić information content (AvgIpc) is 2.54. The highest BCUT2D eigenvalue weighted by atomic mass is 79.9. The van der Waals surface area contributed by atoms with Crippen molar-refractivity contribution in [2.75, 3.05) is 26.0 Å². The van der Waals surface area contributed by atoms with Crippen molar-refractivity contribution in [2.24, 2.45) is 0 Å². The first kappa shape index (κ1) is 18.4. The zero-order chi connectivity index (χ0) is 17.7. The molecule has 0 saturated heterocycles. The zero-order valence-electron chi connectivity index (χ0n) is 13.2. The van der Waals surface area contributed by atoms with Crippen LogP contribution in [0.25, 0.3) is 0 Å². The van der Waals surface area contributed by atoms with Crippen LogP contribution in [0, 0.1) is 0 Å². The SMILES string of the molecule is CN(C)S(=O)(=O)c1cccc(NC(=O)COc2ccccc2Br)c1. The fraction of sp³-hybridized carbons (Fsp3) is 0.188. The van der Waals surface area contributed by atoms with E-state index < -0.39 is 10.0 Å². The molecule has 0 saturated carbocycles. The summed E-state index contributed by atoms with van der Waals surface area (Å²) in [6, 6.07) is 13.3. The van der Waals surface area contributed by atoms with Crippen molar-refractivity contribution in [3.63, 3.8) is 0 Å². The summed E-state index contributed by atoms with van der Waals surface area (Å²) >= 11 is 3.33. The third-order valence-electron chi connectivity index (χ3n) is 3.09. The van der Waals surface area contributed by atoms with Crippen LogP contribution in [-0.4, -0.2) is 39.3 Å². The molecule has 2 aromatic rings. The van der Waals surface area contributed by atoms with Crippen molar-refractivity contribution in [3.8, 4) is 5.75 Å². The normalized spacial score (nSPS) is 11.3. The molecule has 0 heterocycles. The number of benzene rings is 2. The summed E-state index contributed by atoms with van der Waals surface area (Å²) in [5.74, 6) is 0.168. The summed E-state index contributed by atoms with van der Waals surface area (Å²) in [7, 11) is -0.650. The zero-order valence-corrected chi connectivity index (χ0v) is 15.6. The van der Waals surface area contributed by atoms with Crippen molar-refractivity contribution in [2.45, 2.75) is 4.90 Å². The van der Waals surface area contributed by atoms with Crippen LogP contribution in [0.2, 0.25) is 0 Å². The number of halogens is 1. The molecule has 6 nitrogen and oxygen atoms in total. The van der Waals surface area contributed by atoms with E-state index in [4.69, 9.17) is 4.74 Å². The Bertz CT molecular complexity index is 837.